The highest BCUT2D eigenvalue weighted by molar-refractivity contribution is 7.16. The van der Waals surface area contributed by atoms with Crippen LogP contribution in [0.1, 0.15) is 57.0 Å². The molecule has 1 atom stereocenters. The summed E-state index contributed by atoms with van der Waals surface area (Å²) in [6.07, 6.45) is 2.32. The second-order valence-electron chi connectivity index (χ2n) is 5.33. The Balaban J connectivity index is 2.97. The Bertz CT molecular complexity index is 338. The van der Waals surface area contributed by atoms with Gasteiger partial charge in [0.05, 0.1) is 4.34 Å². The van der Waals surface area contributed by atoms with E-state index in [4.69, 9.17) is 11.6 Å². The van der Waals surface area contributed by atoms with Gasteiger partial charge in [0.1, 0.15) is 0 Å². The van der Waals surface area contributed by atoms with E-state index in [9.17, 15) is 0 Å². The van der Waals surface area contributed by atoms with E-state index in [1.807, 2.05) is 0 Å². The lowest BCUT2D eigenvalue weighted by atomic mass is 9.81. The molecule has 98 valence electrons. The molecule has 0 spiro atoms. The lowest BCUT2D eigenvalue weighted by Gasteiger charge is -2.33. The molecule has 3 heteroatoms. The maximum Gasteiger partial charge on any atom is 0.0960 e. The first-order valence-electron chi connectivity index (χ1n) is 6.41. The minimum atomic E-state index is 0.260. The van der Waals surface area contributed by atoms with Crippen LogP contribution in [0.5, 0.6) is 0 Å². The van der Waals surface area contributed by atoms with E-state index in [0.717, 1.165) is 23.7 Å². The summed E-state index contributed by atoms with van der Waals surface area (Å²) in [5, 5.41) is 3.67. The van der Waals surface area contributed by atoms with Crippen molar-refractivity contribution in [2.75, 3.05) is 6.54 Å². The number of hydrogen-bond donors (Lipinski definition) is 1. The van der Waals surface area contributed by atoms with Crippen LogP contribution in [-0.4, -0.2) is 6.54 Å². The van der Waals surface area contributed by atoms with E-state index < -0.39 is 0 Å². The first-order valence-corrected chi connectivity index (χ1v) is 7.61. The Hall–Kier alpha value is -0.0500. The van der Waals surface area contributed by atoms with Gasteiger partial charge < -0.3 is 5.32 Å². The molecule has 1 N–H and O–H groups in total. The summed E-state index contributed by atoms with van der Waals surface area (Å²) < 4.78 is 0.926. The second-order valence-corrected chi connectivity index (χ2v) is 7.02. The highest BCUT2D eigenvalue weighted by Gasteiger charge is 2.30. The van der Waals surface area contributed by atoms with E-state index in [1.54, 1.807) is 11.3 Å². The van der Waals surface area contributed by atoms with Crippen molar-refractivity contribution in [1.29, 1.82) is 0 Å². The summed E-state index contributed by atoms with van der Waals surface area (Å²) in [6.45, 7) is 12.2. The number of thiophene rings is 1. The summed E-state index contributed by atoms with van der Waals surface area (Å²) in [6, 6.07) is 2.64. The molecule has 17 heavy (non-hydrogen) atoms. The molecule has 0 saturated heterocycles. The van der Waals surface area contributed by atoms with Gasteiger partial charge in [0.2, 0.25) is 0 Å². The minimum Gasteiger partial charge on any atom is -0.309 e. The first kappa shape index (κ1) is 15.0. The van der Waals surface area contributed by atoms with Crippen LogP contribution in [0.2, 0.25) is 4.34 Å². The van der Waals surface area contributed by atoms with E-state index in [1.165, 1.54) is 10.4 Å². The molecule has 0 aliphatic carbocycles. The quantitative estimate of drug-likeness (QED) is 0.752. The molecule has 1 rings (SSSR count). The molecule has 1 heterocycles. The van der Waals surface area contributed by atoms with Gasteiger partial charge in [-0.05, 0) is 43.4 Å². The van der Waals surface area contributed by atoms with E-state index >= 15 is 0 Å². The Labute approximate surface area is 115 Å². The first-order chi connectivity index (χ1) is 7.92. The topological polar surface area (TPSA) is 12.0 Å². The fraction of sp³-hybridized carbons (Fsp3) is 0.714. The maximum absolute atomic E-state index is 6.19. The van der Waals surface area contributed by atoms with Crippen molar-refractivity contribution in [2.45, 2.75) is 53.5 Å². The van der Waals surface area contributed by atoms with Crippen LogP contribution in [0.25, 0.3) is 0 Å². The molecule has 0 amide bonds. The van der Waals surface area contributed by atoms with E-state index in [2.05, 4.69) is 46.0 Å². The highest BCUT2D eigenvalue weighted by Crippen LogP contribution is 2.41. The lowest BCUT2D eigenvalue weighted by molar-refractivity contribution is 0.238. The third-order valence-electron chi connectivity index (χ3n) is 3.45. The molecule has 1 unspecified atom stereocenters. The lowest BCUT2D eigenvalue weighted by Crippen LogP contribution is -2.33. The van der Waals surface area contributed by atoms with Gasteiger partial charge in [-0.15, -0.1) is 11.3 Å². The van der Waals surface area contributed by atoms with Crippen LogP contribution >= 0.6 is 22.9 Å². The molecular weight excluding hydrogens is 250 g/mol. The summed E-state index contributed by atoms with van der Waals surface area (Å²) >= 11 is 7.91. The van der Waals surface area contributed by atoms with Crippen LogP contribution in [-0.2, 0) is 0 Å². The highest BCUT2D eigenvalue weighted by atomic mass is 35.5. The Morgan fingerprint density at radius 1 is 1.41 bits per heavy atom. The summed E-state index contributed by atoms with van der Waals surface area (Å²) in [5.74, 6) is 0. The second kappa shape index (κ2) is 6.21. The average Bonchev–Trinajstić information content (AvgIpc) is 2.59. The molecule has 0 aliphatic rings. The molecule has 0 radical (unpaired) electrons. The monoisotopic (exact) mass is 273 g/mol. The fourth-order valence-corrected chi connectivity index (χ4v) is 3.39. The van der Waals surface area contributed by atoms with Crippen molar-refractivity contribution in [2.24, 2.45) is 5.41 Å². The SMILES string of the molecule is CCCNC(c1cc(C)c(Cl)s1)C(C)(C)CC. The van der Waals surface area contributed by atoms with Crippen molar-refractivity contribution in [1.82, 2.24) is 5.32 Å². The third kappa shape index (κ3) is 3.70. The fourth-order valence-electron chi connectivity index (χ4n) is 1.88. The smallest absolute Gasteiger partial charge is 0.0960 e. The van der Waals surface area contributed by atoms with Gasteiger partial charge in [-0.2, -0.15) is 0 Å². The summed E-state index contributed by atoms with van der Waals surface area (Å²) in [7, 11) is 0. The van der Waals surface area contributed by atoms with Crippen LogP contribution in [0.15, 0.2) is 6.07 Å². The largest absolute Gasteiger partial charge is 0.309 e. The summed E-state index contributed by atoms with van der Waals surface area (Å²) in [4.78, 5) is 1.37. The number of halogens is 1. The molecule has 0 aromatic carbocycles. The van der Waals surface area contributed by atoms with Gasteiger partial charge in [0.25, 0.3) is 0 Å². The van der Waals surface area contributed by atoms with Gasteiger partial charge in [-0.1, -0.05) is 39.3 Å². The number of hydrogen-bond acceptors (Lipinski definition) is 2. The maximum atomic E-state index is 6.19. The van der Waals surface area contributed by atoms with Crippen LogP contribution in [0.4, 0.5) is 0 Å². The third-order valence-corrected chi connectivity index (χ3v) is 5.07. The zero-order valence-electron chi connectivity index (χ0n) is 11.6. The van der Waals surface area contributed by atoms with Crippen molar-refractivity contribution in [3.63, 3.8) is 0 Å². The Kier molecular flexibility index (Phi) is 5.49. The molecule has 1 aromatic rings. The number of nitrogens with one attached hydrogen (secondary N) is 1. The predicted octanol–water partition coefficient (Wildman–Crippen LogP) is 5.19. The van der Waals surface area contributed by atoms with Crippen molar-refractivity contribution < 1.29 is 0 Å². The molecule has 0 saturated carbocycles. The van der Waals surface area contributed by atoms with Gasteiger partial charge in [0.15, 0.2) is 0 Å². The zero-order valence-corrected chi connectivity index (χ0v) is 13.1. The molecule has 0 bridgehead atoms. The minimum absolute atomic E-state index is 0.260. The number of rotatable bonds is 6. The zero-order chi connectivity index (χ0) is 13.1. The van der Waals surface area contributed by atoms with Crippen molar-refractivity contribution in [3.05, 3.63) is 20.8 Å². The molecule has 1 aromatic heterocycles. The van der Waals surface area contributed by atoms with Crippen LogP contribution in [0.3, 0.4) is 0 Å². The van der Waals surface area contributed by atoms with Gasteiger partial charge in [-0.3, -0.25) is 0 Å². The normalized spacial score (nSPS) is 14.0. The van der Waals surface area contributed by atoms with Gasteiger partial charge >= 0.3 is 0 Å². The van der Waals surface area contributed by atoms with Crippen LogP contribution in [0, 0.1) is 12.3 Å². The van der Waals surface area contributed by atoms with Gasteiger partial charge in [-0.25, -0.2) is 0 Å². The Morgan fingerprint density at radius 2 is 2.06 bits per heavy atom. The van der Waals surface area contributed by atoms with E-state index in [0.29, 0.717) is 6.04 Å². The van der Waals surface area contributed by atoms with Gasteiger partial charge in [0, 0.05) is 10.9 Å². The van der Waals surface area contributed by atoms with Crippen molar-refractivity contribution >= 4 is 22.9 Å². The molecule has 1 nitrogen and oxygen atoms in total. The molecule has 0 fully saturated rings. The Morgan fingerprint density at radius 3 is 2.47 bits per heavy atom. The molecular formula is C14H24ClNS. The summed E-state index contributed by atoms with van der Waals surface area (Å²) in [5.41, 5.74) is 1.46. The predicted molar refractivity (Wildman–Crippen MR) is 79.2 cm³/mol. The van der Waals surface area contributed by atoms with E-state index in [-0.39, 0.29) is 5.41 Å². The molecule has 0 aliphatic heterocycles. The average molecular weight is 274 g/mol. The van der Waals surface area contributed by atoms with Crippen LogP contribution < -0.4 is 5.32 Å². The van der Waals surface area contributed by atoms with Crippen molar-refractivity contribution in [3.8, 4) is 0 Å². The number of aryl methyl sites for hydroxylation is 1. The standard InChI is InChI=1S/C14H24ClNS/c1-6-8-16-12(14(4,5)7-2)11-9-10(3)13(15)17-11/h9,12,16H,6-8H2,1-5H3.